The summed E-state index contributed by atoms with van der Waals surface area (Å²) < 4.78 is 15.8. The lowest BCUT2D eigenvalue weighted by molar-refractivity contribution is -0.355. The van der Waals surface area contributed by atoms with E-state index in [1.54, 1.807) is 33.5 Å². The zero-order valence-electron chi connectivity index (χ0n) is 15.0. The molecule has 1 N–H and O–H groups in total. The van der Waals surface area contributed by atoms with Crippen LogP contribution in [0.15, 0.2) is 24.3 Å². The lowest BCUT2D eigenvalue weighted by Gasteiger charge is -2.28. The van der Waals surface area contributed by atoms with Gasteiger partial charge >= 0.3 is 5.97 Å². The fraction of sp³-hybridized carbons (Fsp3) is 0.632. The summed E-state index contributed by atoms with van der Waals surface area (Å²) in [6.07, 6.45) is 8.04. The Hall–Kier alpha value is -1.43. The van der Waals surface area contributed by atoms with E-state index in [9.17, 15) is 4.79 Å². The fourth-order valence-electron chi connectivity index (χ4n) is 2.87. The van der Waals surface area contributed by atoms with Crippen molar-refractivity contribution in [1.29, 1.82) is 0 Å². The topological polar surface area (TPSA) is 65.0 Å². The molecule has 0 amide bonds. The van der Waals surface area contributed by atoms with Gasteiger partial charge in [-0.25, -0.2) is 4.79 Å². The molecule has 0 fully saturated rings. The Balaban J connectivity index is 2.16. The predicted octanol–water partition coefficient (Wildman–Crippen LogP) is 4.25. The Morgan fingerprint density at radius 3 is 2.04 bits per heavy atom. The largest absolute Gasteiger partial charge is 0.478 e. The average molecular weight is 338 g/mol. The van der Waals surface area contributed by atoms with Crippen LogP contribution in [-0.4, -0.2) is 38.4 Å². The maximum absolute atomic E-state index is 11.2. The van der Waals surface area contributed by atoms with E-state index in [4.69, 9.17) is 19.3 Å². The molecule has 5 nitrogen and oxygen atoms in total. The third-order valence-electron chi connectivity index (χ3n) is 4.36. The Labute approximate surface area is 144 Å². The van der Waals surface area contributed by atoms with Gasteiger partial charge in [0.2, 0.25) is 0 Å². The standard InChI is InChI=1S/C19H30O5/c1-22-19(23-2,24-3)15-11-7-5-4-6-8-12-16-13-9-10-14-17(16)18(20)21/h9-10,13-14H,4-8,11-12,15H2,1-3H3,(H,20,21). The Morgan fingerprint density at radius 1 is 0.917 bits per heavy atom. The van der Waals surface area contributed by atoms with Crippen molar-refractivity contribution in [2.75, 3.05) is 21.3 Å². The van der Waals surface area contributed by atoms with Crippen LogP contribution in [0.25, 0.3) is 0 Å². The van der Waals surface area contributed by atoms with Gasteiger partial charge in [-0.3, -0.25) is 0 Å². The van der Waals surface area contributed by atoms with Gasteiger partial charge in [-0.05, 0) is 30.9 Å². The molecule has 1 aromatic rings. The van der Waals surface area contributed by atoms with Crippen molar-refractivity contribution < 1.29 is 24.1 Å². The van der Waals surface area contributed by atoms with Crippen molar-refractivity contribution >= 4 is 5.97 Å². The third-order valence-corrected chi connectivity index (χ3v) is 4.36. The van der Waals surface area contributed by atoms with Crippen LogP contribution in [0.1, 0.15) is 60.9 Å². The smallest absolute Gasteiger partial charge is 0.335 e. The molecule has 0 aromatic heterocycles. The molecule has 0 spiro atoms. The molecule has 0 radical (unpaired) electrons. The zero-order valence-corrected chi connectivity index (χ0v) is 15.0. The lowest BCUT2D eigenvalue weighted by Crippen LogP contribution is -2.35. The van der Waals surface area contributed by atoms with Crippen molar-refractivity contribution in [3.05, 3.63) is 35.4 Å². The highest BCUT2D eigenvalue weighted by molar-refractivity contribution is 5.89. The SMILES string of the molecule is COC(CCCCCCCCc1ccccc1C(=O)O)(OC)OC. The molecule has 0 aliphatic heterocycles. The number of methoxy groups -OCH3 is 3. The molecule has 1 rings (SSSR count). The summed E-state index contributed by atoms with van der Waals surface area (Å²) in [4.78, 5) is 11.2. The number of hydrogen-bond acceptors (Lipinski definition) is 4. The van der Waals surface area contributed by atoms with Crippen LogP contribution in [0, 0.1) is 0 Å². The normalized spacial score (nSPS) is 11.6. The van der Waals surface area contributed by atoms with E-state index in [-0.39, 0.29) is 0 Å². The summed E-state index contributed by atoms with van der Waals surface area (Å²) in [5.41, 5.74) is 1.35. The first-order valence-electron chi connectivity index (χ1n) is 8.55. The summed E-state index contributed by atoms with van der Waals surface area (Å²) in [7, 11) is 4.76. The number of benzene rings is 1. The summed E-state index contributed by atoms with van der Waals surface area (Å²) in [5.74, 6) is -1.76. The minimum atomic E-state index is -0.916. The first kappa shape index (κ1) is 20.6. The van der Waals surface area contributed by atoms with Crippen LogP contribution < -0.4 is 0 Å². The van der Waals surface area contributed by atoms with Crippen LogP contribution in [0.3, 0.4) is 0 Å². The zero-order chi connectivity index (χ0) is 17.8. The number of carboxylic acid groups (broad SMARTS) is 1. The Bertz CT molecular complexity index is 474. The summed E-state index contributed by atoms with van der Waals surface area (Å²) in [6, 6.07) is 7.25. The summed E-state index contributed by atoms with van der Waals surface area (Å²) >= 11 is 0. The third kappa shape index (κ3) is 6.59. The van der Waals surface area contributed by atoms with E-state index in [1.807, 2.05) is 12.1 Å². The molecule has 0 saturated heterocycles. The highest BCUT2D eigenvalue weighted by atomic mass is 16.9. The molecular weight excluding hydrogens is 308 g/mol. The van der Waals surface area contributed by atoms with E-state index in [1.165, 1.54) is 0 Å². The molecule has 136 valence electrons. The van der Waals surface area contributed by atoms with Crippen LogP contribution in [0.4, 0.5) is 0 Å². The first-order valence-corrected chi connectivity index (χ1v) is 8.55. The molecule has 0 aliphatic rings. The second-order valence-electron chi connectivity index (χ2n) is 5.88. The van der Waals surface area contributed by atoms with E-state index in [0.717, 1.165) is 50.5 Å². The molecule has 0 saturated carbocycles. The number of aromatic carboxylic acids is 1. The van der Waals surface area contributed by atoms with Crippen molar-refractivity contribution in [2.45, 2.75) is 57.3 Å². The van der Waals surface area contributed by atoms with E-state index in [0.29, 0.717) is 12.0 Å². The number of rotatable bonds is 13. The number of hydrogen-bond donors (Lipinski definition) is 1. The quantitative estimate of drug-likeness (QED) is 0.430. The van der Waals surface area contributed by atoms with Gasteiger partial charge in [0.05, 0.1) is 5.56 Å². The van der Waals surface area contributed by atoms with E-state index in [2.05, 4.69) is 0 Å². The van der Waals surface area contributed by atoms with Crippen LogP contribution in [0.2, 0.25) is 0 Å². The van der Waals surface area contributed by atoms with Crippen molar-refractivity contribution in [1.82, 2.24) is 0 Å². The Kier molecular flexibility index (Phi) is 9.60. The van der Waals surface area contributed by atoms with E-state index < -0.39 is 11.9 Å². The number of carbonyl (C=O) groups is 1. The van der Waals surface area contributed by atoms with Crippen LogP contribution >= 0.6 is 0 Å². The maximum atomic E-state index is 11.2. The molecule has 24 heavy (non-hydrogen) atoms. The summed E-state index contributed by atoms with van der Waals surface area (Å²) in [5, 5.41) is 9.16. The van der Waals surface area contributed by atoms with Crippen LogP contribution in [-0.2, 0) is 20.6 Å². The molecule has 0 unspecified atom stereocenters. The Morgan fingerprint density at radius 2 is 1.46 bits per heavy atom. The molecule has 0 bridgehead atoms. The molecular formula is C19H30O5. The van der Waals surface area contributed by atoms with E-state index >= 15 is 0 Å². The number of carboxylic acids is 1. The van der Waals surface area contributed by atoms with Gasteiger partial charge < -0.3 is 19.3 Å². The molecule has 0 heterocycles. The van der Waals surface area contributed by atoms with Gasteiger partial charge in [0, 0.05) is 27.8 Å². The average Bonchev–Trinajstić information content (AvgIpc) is 2.61. The highest BCUT2D eigenvalue weighted by Gasteiger charge is 2.28. The first-order chi connectivity index (χ1) is 11.6. The second-order valence-corrected chi connectivity index (χ2v) is 5.88. The highest BCUT2D eigenvalue weighted by Crippen LogP contribution is 2.21. The number of unbranched alkanes of at least 4 members (excludes halogenated alkanes) is 5. The molecule has 0 aliphatic carbocycles. The maximum Gasteiger partial charge on any atom is 0.335 e. The predicted molar refractivity (Wildman–Crippen MR) is 93.2 cm³/mol. The van der Waals surface area contributed by atoms with Crippen LogP contribution in [0.5, 0.6) is 0 Å². The van der Waals surface area contributed by atoms with Gasteiger partial charge in [-0.15, -0.1) is 0 Å². The molecule has 0 atom stereocenters. The van der Waals surface area contributed by atoms with Gasteiger partial charge in [0.15, 0.2) is 0 Å². The van der Waals surface area contributed by atoms with Gasteiger partial charge in [-0.2, -0.15) is 0 Å². The van der Waals surface area contributed by atoms with Gasteiger partial charge in [-0.1, -0.05) is 43.9 Å². The van der Waals surface area contributed by atoms with Gasteiger partial charge in [0.1, 0.15) is 0 Å². The van der Waals surface area contributed by atoms with Gasteiger partial charge in [0.25, 0.3) is 5.97 Å². The molecule has 5 heteroatoms. The fourth-order valence-corrected chi connectivity index (χ4v) is 2.87. The minimum absolute atomic E-state index is 0.424. The number of ether oxygens (including phenoxy) is 3. The summed E-state index contributed by atoms with van der Waals surface area (Å²) in [6.45, 7) is 0. The van der Waals surface area contributed by atoms with Crippen molar-refractivity contribution in [3.63, 3.8) is 0 Å². The second kappa shape index (κ2) is 11.2. The lowest BCUT2D eigenvalue weighted by atomic mass is 10.0. The monoisotopic (exact) mass is 338 g/mol. The van der Waals surface area contributed by atoms with Crippen molar-refractivity contribution in [2.24, 2.45) is 0 Å². The number of aryl methyl sites for hydroxylation is 1. The van der Waals surface area contributed by atoms with Crippen molar-refractivity contribution in [3.8, 4) is 0 Å². The minimum Gasteiger partial charge on any atom is -0.478 e. The molecule has 1 aromatic carbocycles.